The van der Waals surface area contributed by atoms with Crippen LogP contribution in [0.3, 0.4) is 0 Å². The molecule has 1 saturated heterocycles. The van der Waals surface area contributed by atoms with E-state index in [0.29, 0.717) is 0 Å². The molecule has 2 atom stereocenters. The lowest BCUT2D eigenvalue weighted by molar-refractivity contribution is -0.124. The third kappa shape index (κ3) is 3.60. The average molecular weight is 274 g/mol. The Kier molecular flexibility index (Phi) is 4.48. The van der Waals surface area contributed by atoms with Crippen molar-refractivity contribution in [3.8, 4) is 0 Å². The fraction of sp³-hybridized carbons (Fsp3) is 0.588. The predicted octanol–water partition coefficient (Wildman–Crippen LogP) is 2.91. The van der Waals surface area contributed by atoms with Gasteiger partial charge in [0, 0.05) is 12.6 Å². The third-order valence-electron chi connectivity index (χ3n) is 4.01. The molecule has 0 spiro atoms. The van der Waals surface area contributed by atoms with Crippen molar-refractivity contribution in [1.82, 2.24) is 10.6 Å². The van der Waals surface area contributed by atoms with Crippen molar-refractivity contribution in [2.24, 2.45) is 0 Å². The van der Waals surface area contributed by atoms with Crippen molar-refractivity contribution < 1.29 is 4.79 Å². The fourth-order valence-corrected chi connectivity index (χ4v) is 2.60. The van der Waals surface area contributed by atoms with E-state index in [4.69, 9.17) is 0 Å². The maximum Gasteiger partial charge on any atom is 0.237 e. The second-order valence-electron chi connectivity index (χ2n) is 6.75. The molecule has 2 unspecified atom stereocenters. The zero-order valence-electron chi connectivity index (χ0n) is 13.0. The number of piperidine rings is 1. The van der Waals surface area contributed by atoms with Gasteiger partial charge in [0.2, 0.25) is 5.91 Å². The molecule has 1 aromatic rings. The summed E-state index contributed by atoms with van der Waals surface area (Å²) in [5.74, 6) is 0.134. The highest BCUT2D eigenvalue weighted by molar-refractivity contribution is 5.82. The molecule has 0 aliphatic carbocycles. The first kappa shape index (κ1) is 15.0. The summed E-state index contributed by atoms with van der Waals surface area (Å²) >= 11 is 0. The fourth-order valence-electron chi connectivity index (χ4n) is 2.60. The molecule has 0 aromatic heterocycles. The minimum Gasteiger partial charge on any atom is -0.355 e. The second kappa shape index (κ2) is 5.96. The van der Waals surface area contributed by atoms with Gasteiger partial charge in [0.1, 0.15) is 0 Å². The quantitative estimate of drug-likeness (QED) is 0.890. The highest BCUT2D eigenvalue weighted by Crippen LogP contribution is 2.24. The van der Waals surface area contributed by atoms with Gasteiger partial charge in [-0.2, -0.15) is 0 Å². The van der Waals surface area contributed by atoms with E-state index >= 15 is 0 Å². The summed E-state index contributed by atoms with van der Waals surface area (Å²) in [6.45, 7) is 9.59. The van der Waals surface area contributed by atoms with E-state index in [-0.39, 0.29) is 23.4 Å². The normalized spacial score (nSPS) is 21.4. The number of amides is 1. The first-order chi connectivity index (χ1) is 9.38. The lowest BCUT2D eigenvalue weighted by atomic mass is 9.86. The minimum atomic E-state index is -0.0546. The van der Waals surface area contributed by atoms with E-state index in [2.05, 4.69) is 62.6 Å². The predicted molar refractivity (Wildman–Crippen MR) is 82.7 cm³/mol. The lowest BCUT2D eigenvalue weighted by Gasteiger charge is -2.27. The first-order valence-electron chi connectivity index (χ1n) is 7.52. The largest absolute Gasteiger partial charge is 0.355 e. The van der Waals surface area contributed by atoms with Crippen molar-refractivity contribution in [1.29, 1.82) is 0 Å². The van der Waals surface area contributed by atoms with E-state index in [0.717, 1.165) is 19.4 Å². The summed E-state index contributed by atoms with van der Waals surface area (Å²) in [5.41, 5.74) is 2.75. The maximum atomic E-state index is 11.8. The van der Waals surface area contributed by atoms with Crippen molar-refractivity contribution in [2.75, 3.05) is 6.54 Å². The van der Waals surface area contributed by atoms with E-state index in [1.54, 1.807) is 0 Å². The standard InChI is InChI=1S/C17H26N2O/c1-12(19-15-6-5-11-18-16(15)20)13-7-9-14(10-8-13)17(2,3)4/h7-10,12,15,19H,5-6,11H2,1-4H3,(H,18,20). The number of hydrogen-bond acceptors (Lipinski definition) is 2. The van der Waals surface area contributed by atoms with Crippen LogP contribution in [-0.4, -0.2) is 18.5 Å². The van der Waals surface area contributed by atoms with Crippen LogP contribution in [0.25, 0.3) is 0 Å². The van der Waals surface area contributed by atoms with Crippen LogP contribution in [0.4, 0.5) is 0 Å². The Labute approximate surface area is 122 Å². The number of benzene rings is 1. The van der Waals surface area contributed by atoms with Crippen molar-refractivity contribution in [2.45, 2.75) is 58.0 Å². The molecule has 110 valence electrons. The van der Waals surface area contributed by atoms with Gasteiger partial charge in [0.15, 0.2) is 0 Å². The Morgan fingerprint density at radius 1 is 1.25 bits per heavy atom. The van der Waals surface area contributed by atoms with E-state index < -0.39 is 0 Å². The van der Waals surface area contributed by atoms with E-state index in [9.17, 15) is 4.79 Å². The molecule has 1 aliphatic rings. The number of nitrogens with one attached hydrogen (secondary N) is 2. The van der Waals surface area contributed by atoms with Gasteiger partial charge in [-0.1, -0.05) is 45.0 Å². The van der Waals surface area contributed by atoms with Crippen LogP contribution < -0.4 is 10.6 Å². The molecular formula is C17H26N2O. The number of carbonyl (C=O) groups excluding carboxylic acids is 1. The zero-order valence-corrected chi connectivity index (χ0v) is 13.0. The Hall–Kier alpha value is -1.35. The van der Waals surface area contributed by atoms with Crippen molar-refractivity contribution in [3.05, 3.63) is 35.4 Å². The number of rotatable bonds is 3. The van der Waals surface area contributed by atoms with Crippen LogP contribution >= 0.6 is 0 Å². The van der Waals surface area contributed by atoms with Crippen LogP contribution in [0.5, 0.6) is 0 Å². The van der Waals surface area contributed by atoms with Gasteiger partial charge in [0.05, 0.1) is 6.04 Å². The number of hydrogen-bond donors (Lipinski definition) is 2. The summed E-state index contributed by atoms with van der Waals surface area (Å²) in [6, 6.07) is 8.85. The molecule has 1 amide bonds. The van der Waals surface area contributed by atoms with Crippen LogP contribution in [0, 0.1) is 0 Å². The SMILES string of the molecule is CC(NC1CCCNC1=O)c1ccc(C(C)(C)C)cc1. The van der Waals surface area contributed by atoms with Gasteiger partial charge < -0.3 is 5.32 Å². The lowest BCUT2D eigenvalue weighted by Crippen LogP contribution is -2.48. The summed E-state index contributed by atoms with van der Waals surface area (Å²) in [4.78, 5) is 11.8. The van der Waals surface area contributed by atoms with E-state index in [1.165, 1.54) is 11.1 Å². The Morgan fingerprint density at radius 3 is 2.45 bits per heavy atom. The third-order valence-corrected chi connectivity index (χ3v) is 4.01. The Bertz CT molecular complexity index is 459. The topological polar surface area (TPSA) is 41.1 Å². The second-order valence-corrected chi connectivity index (χ2v) is 6.75. The van der Waals surface area contributed by atoms with E-state index in [1.807, 2.05) is 0 Å². The molecule has 20 heavy (non-hydrogen) atoms. The average Bonchev–Trinajstić information content (AvgIpc) is 2.40. The van der Waals surface area contributed by atoms with Gasteiger partial charge in [-0.25, -0.2) is 0 Å². The molecule has 0 radical (unpaired) electrons. The Balaban J connectivity index is 2.02. The smallest absolute Gasteiger partial charge is 0.237 e. The molecule has 0 bridgehead atoms. The molecule has 1 heterocycles. The molecule has 1 fully saturated rings. The van der Waals surface area contributed by atoms with Gasteiger partial charge in [0.25, 0.3) is 0 Å². The Morgan fingerprint density at radius 2 is 1.90 bits per heavy atom. The molecule has 3 nitrogen and oxygen atoms in total. The summed E-state index contributed by atoms with van der Waals surface area (Å²) in [7, 11) is 0. The first-order valence-corrected chi connectivity index (χ1v) is 7.52. The summed E-state index contributed by atoms with van der Waals surface area (Å²) in [5, 5.41) is 6.35. The van der Waals surface area contributed by atoms with Gasteiger partial charge in [-0.05, 0) is 36.3 Å². The van der Waals surface area contributed by atoms with Crippen LogP contribution in [0.15, 0.2) is 24.3 Å². The molecule has 2 N–H and O–H groups in total. The van der Waals surface area contributed by atoms with Gasteiger partial charge in [-0.15, -0.1) is 0 Å². The van der Waals surface area contributed by atoms with Crippen LogP contribution in [-0.2, 0) is 10.2 Å². The van der Waals surface area contributed by atoms with Crippen molar-refractivity contribution >= 4 is 5.91 Å². The molecule has 1 aromatic carbocycles. The molecule has 1 aliphatic heterocycles. The zero-order chi connectivity index (χ0) is 14.8. The summed E-state index contributed by atoms with van der Waals surface area (Å²) in [6.07, 6.45) is 1.98. The van der Waals surface area contributed by atoms with Crippen molar-refractivity contribution in [3.63, 3.8) is 0 Å². The minimum absolute atomic E-state index is 0.0546. The number of carbonyl (C=O) groups is 1. The molecule has 2 rings (SSSR count). The van der Waals surface area contributed by atoms with Crippen LogP contribution in [0.1, 0.15) is 57.7 Å². The summed E-state index contributed by atoms with van der Waals surface area (Å²) < 4.78 is 0. The molecule has 0 saturated carbocycles. The maximum absolute atomic E-state index is 11.8. The molecule has 3 heteroatoms. The highest BCUT2D eigenvalue weighted by atomic mass is 16.2. The highest BCUT2D eigenvalue weighted by Gasteiger charge is 2.23. The van der Waals surface area contributed by atoms with Gasteiger partial charge in [-0.3, -0.25) is 10.1 Å². The monoisotopic (exact) mass is 274 g/mol. The van der Waals surface area contributed by atoms with Crippen LogP contribution in [0.2, 0.25) is 0 Å². The molecular weight excluding hydrogens is 248 g/mol. The van der Waals surface area contributed by atoms with Gasteiger partial charge >= 0.3 is 0 Å².